The highest BCUT2D eigenvalue weighted by molar-refractivity contribution is 5.86. The molecule has 0 aromatic carbocycles. The molecule has 0 aromatic rings. The Morgan fingerprint density at radius 3 is 2.32 bits per heavy atom. The lowest BCUT2D eigenvalue weighted by Crippen LogP contribution is -2.62. The molecule has 1 fully saturated rings. The summed E-state index contributed by atoms with van der Waals surface area (Å²) in [5.74, 6) is 0.183. The molecule has 0 radical (unpaired) electrons. The maximum absolute atomic E-state index is 12.2. The van der Waals surface area contributed by atoms with E-state index >= 15 is 0 Å². The van der Waals surface area contributed by atoms with Gasteiger partial charge in [0.15, 0.2) is 6.29 Å². The molecule has 1 aliphatic rings. The summed E-state index contributed by atoms with van der Waals surface area (Å²) >= 11 is 0. The zero-order valence-electron chi connectivity index (χ0n) is 12.9. The summed E-state index contributed by atoms with van der Waals surface area (Å²) in [5.41, 5.74) is -0.435. The Kier molecular flexibility index (Phi) is 6.23. The summed E-state index contributed by atoms with van der Waals surface area (Å²) in [6.07, 6.45) is 0.628. The highest BCUT2D eigenvalue weighted by atomic mass is 16.7. The quantitative estimate of drug-likeness (QED) is 0.656. The highest BCUT2D eigenvalue weighted by Gasteiger charge is 2.40. The molecule has 0 bridgehead atoms. The minimum Gasteiger partial charge on any atom is -0.353 e. The van der Waals surface area contributed by atoms with Gasteiger partial charge in [0.1, 0.15) is 0 Å². The second-order valence-corrected chi connectivity index (χ2v) is 5.40. The lowest BCUT2D eigenvalue weighted by molar-refractivity contribution is -0.155. The van der Waals surface area contributed by atoms with Crippen molar-refractivity contribution in [3.05, 3.63) is 0 Å². The Bertz CT molecular complexity index is 288. The van der Waals surface area contributed by atoms with E-state index in [0.29, 0.717) is 13.2 Å². The Morgan fingerprint density at radius 1 is 1.21 bits per heavy atom. The number of carbonyl (C=O) groups is 1. The molecule has 0 saturated carbocycles. The summed E-state index contributed by atoms with van der Waals surface area (Å²) < 4.78 is 11.1. The van der Waals surface area contributed by atoms with E-state index in [9.17, 15) is 4.79 Å². The van der Waals surface area contributed by atoms with Gasteiger partial charge in [-0.05, 0) is 27.7 Å². The summed E-state index contributed by atoms with van der Waals surface area (Å²) in [4.78, 5) is 16.2. The van der Waals surface area contributed by atoms with E-state index in [2.05, 4.69) is 4.90 Å². The van der Waals surface area contributed by atoms with Crippen LogP contribution in [0.2, 0.25) is 0 Å². The Labute approximate surface area is 116 Å². The van der Waals surface area contributed by atoms with Crippen LogP contribution in [0.25, 0.3) is 0 Å². The predicted octanol–water partition coefficient (Wildman–Crippen LogP) is 1.33. The fraction of sp³-hybridized carbons (Fsp3) is 0.929. The van der Waals surface area contributed by atoms with Crippen LogP contribution in [0.1, 0.15) is 34.1 Å². The molecule has 5 heteroatoms. The normalized spacial score (nSPS) is 20.3. The Morgan fingerprint density at radius 2 is 1.79 bits per heavy atom. The molecule has 112 valence electrons. The second kappa shape index (κ2) is 7.22. The molecule has 1 amide bonds. The molecule has 1 rings (SSSR count). The summed E-state index contributed by atoms with van der Waals surface area (Å²) in [5, 5.41) is 0. The van der Waals surface area contributed by atoms with Crippen molar-refractivity contribution in [2.75, 3.05) is 39.9 Å². The zero-order valence-corrected chi connectivity index (χ0v) is 12.9. The van der Waals surface area contributed by atoms with Gasteiger partial charge in [0.25, 0.3) is 0 Å². The van der Waals surface area contributed by atoms with Gasteiger partial charge in [-0.25, -0.2) is 0 Å². The van der Waals surface area contributed by atoms with Gasteiger partial charge in [0.2, 0.25) is 5.91 Å². The van der Waals surface area contributed by atoms with Crippen molar-refractivity contribution in [3.63, 3.8) is 0 Å². The molecule has 1 aliphatic heterocycles. The van der Waals surface area contributed by atoms with Gasteiger partial charge in [-0.3, -0.25) is 9.69 Å². The van der Waals surface area contributed by atoms with Gasteiger partial charge in [-0.2, -0.15) is 0 Å². The van der Waals surface area contributed by atoms with E-state index in [1.807, 2.05) is 34.7 Å². The number of amides is 1. The van der Waals surface area contributed by atoms with Crippen LogP contribution in [-0.4, -0.2) is 67.4 Å². The average molecular weight is 272 g/mol. The van der Waals surface area contributed by atoms with E-state index in [-0.39, 0.29) is 12.2 Å². The molecule has 0 atom stereocenters. The van der Waals surface area contributed by atoms with E-state index < -0.39 is 5.54 Å². The van der Waals surface area contributed by atoms with Crippen LogP contribution in [-0.2, 0) is 14.3 Å². The predicted molar refractivity (Wildman–Crippen MR) is 74.9 cm³/mol. The second-order valence-electron chi connectivity index (χ2n) is 5.40. The summed E-state index contributed by atoms with van der Waals surface area (Å²) in [6, 6.07) is 0. The molecule has 0 N–H and O–H groups in total. The molecule has 0 aromatic heterocycles. The van der Waals surface area contributed by atoms with E-state index in [0.717, 1.165) is 26.1 Å². The molecular formula is C14H28N2O3. The van der Waals surface area contributed by atoms with Crippen LogP contribution < -0.4 is 0 Å². The van der Waals surface area contributed by atoms with Crippen molar-refractivity contribution in [2.24, 2.45) is 0 Å². The first kappa shape index (κ1) is 16.4. The first-order chi connectivity index (χ1) is 8.93. The molecule has 1 saturated heterocycles. The summed E-state index contributed by atoms with van der Waals surface area (Å²) in [6.45, 7) is 11.7. The molecular weight excluding hydrogens is 244 g/mol. The van der Waals surface area contributed by atoms with Crippen LogP contribution in [0.5, 0.6) is 0 Å². The molecule has 0 aliphatic carbocycles. The van der Waals surface area contributed by atoms with Crippen molar-refractivity contribution in [3.8, 4) is 0 Å². The van der Waals surface area contributed by atoms with Gasteiger partial charge in [-0.15, -0.1) is 0 Å². The van der Waals surface area contributed by atoms with Crippen molar-refractivity contribution in [1.82, 2.24) is 9.80 Å². The number of rotatable bonds is 7. The van der Waals surface area contributed by atoms with Crippen molar-refractivity contribution >= 4 is 5.91 Å². The molecule has 5 nitrogen and oxygen atoms in total. The number of piperazine rings is 1. The monoisotopic (exact) mass is 272 g/mol. The van der Waals surface area contributed by atoms with E-state index in [4.69, 9.17) is 9.47 Å². The number of carbonyl (C=O) groups excluding carboxylic acids is 1. The van der Waals surface area contributed by atoms with Crippen LogP contribution in [0.3, 0.4) is 0 Å². The Hall–Kier alpha value is -0.650. The van der Waals surface area contributed by atoms with Crippen molar-refractivity contribution in [1.29, 1.82) is 0 Å². The average Bonchev–Trinajstić information content (AvgIpc) is 2.36. The lowest BCUT2D eigenvalue weighted by Gasteiger charge is -2.45. The fourth-order valence-electron chi connectivity index (χ4n) is 2.49. The number of ether oxygens (including phenoxy) is 2. The molecule has 0 spiro atoms. The van der Waals surface area contributed by atoms with Crippen LogP contribution in [0.4, 0.5) is 0 Å². The lowest BCUT2D eigenvalue weighted by atomic mass is 9.97. The van der Waals surface area contributed by atoms with Gasteiger partial charge in [0, 0.05) is 46.3 Å². The van der Waals surface area contributed by atoms with E-state index in [1.54, 1.807) is 4.90 Å². The third kappa shape index (κ3) is 4.16. The van der Waals surface area contributed by atoms with Crippen LogP contribution in [0, 0.1) is 0 Å². The first-order valence-electron chi connectivity index (χ1n) is 7.17. The minimum atomic E-state index is -0.435. The molecule has 19 heavy (non-hydrogen) atoms. The number of likely N-dealkylation sites (N-methyl/N-ethyl adjacent to an activating group) is 1. The van der Waals surface area contributed by atoms with Crippen molar-refractivity contribution < 1.29 is 14.3 Å². The van der Waals surface area contributed by atoms with Crippen LogP contribution in [0.15, 0.2) is 0 Å². The van der Waals surface area contributed by atoms with Crippen molar-refractivity contribution in [2.45, 2.75) is 45.9 Å². The SMILES string of the molecule is CCOC(CCN1CCN(C)C(=O)C1(C)C)OCC. The molecule has 1 heterocycles. The van der Waals surface area contributed by atoms with Gasteiger partial charge >= 0.3 is 0 Å². The third-order valence-corrected chi connectivity index (χ3v) is 3.71. The first-order valence-corrected chi connectivity index (χ1v) is 7.17. The number of nitrogens with zero attached hydrogens (tertiary/aromatic N) is 2. The standard InChI is InChI=1S/C14H28N2O3/c1-6-18-12(19-7-2)8-9-16-11-10-15(5)13(17)14(16,3)4/h12H,6-11H2,1-5H3. The Balaban J connectivity index is 2.53. The molecule has 0 unspecified atom stereocenters. The van der Waals surface area contributed by atoms with Crippen LogP contribution >= 0.6 is 0 Å². The fourth-order valence-corrected chi connectivity index (χ4v) is 2.49. The van der Waals surface area contributed by atoms with Gasteiger partial charge in [0.05, 0.1) is 5.54 Å². The van der Waals surface area contributed by atoms with Gasteiger partial charge in [-0.1, -0.05) is 0 Å². The van der Waals surface area contributed by atoms with Gasteiger partial charge < -0.3 is 14.4 Å². The maximum Gasteiger partial charge on any atom is 0.242 e. The maximum atomic E-state index is 12.2. The smallest absolute Gasteiger partial charge is 0.242 e. The largest absolute Gasteiger partial charge is 0.353 e. The van der Waals surface area contributed by atoms with E-state index in [1.165, 1.54) is 0 Å². The summed E-state index contributed by atoms with van der Waals surface area (Å²) in [7, 11) is 1.87. The topological polar surface area (TPSA) is 42.0 Å². The number of hydrogen-bond donors (Lipinski definition) is 0. The zero-order chi connectivity index (χ0) is 14.5. The minimum absolute atomic E-state index is 0.166. The highest BCUT2D eigenvalue weighted by Crippen LogP contribution is 2.22. The third-order valence-electron chi connectivity index (χ3n) is 3.71. The number of hydrogen-bond acceptors (Lipinski definition) is 4.